The maximum absolute atomic E-state index is 13.6. The summed E-state index contributed by atoms with van der Waals surface area (Å²) in [6.07, 6.45) is 1.15. The molecule has 36 heavy (non-hydrogen) atoms. The molecule has 0 aliphatic carbocycles. The van der Waals surface area contributed by atoms with E-state index >= 15 is 0 Å². The number of aromatic carboxylic acids is 1. The number of nitrogens with one attached hydrogen (secondary N) is 1. The van der Waals surface area contributed by atoms with Crippen LogP contribution in [0.5, 0.6) is 17.2 Å². The number of halogens is 1. The molecule has 3 aromatic rings. The summed E-state index contributed by atoms with van der Waals surface area (Å²) in [4.78, 5) is 25.1. The van der Waals surface area contributed by atoms with E-state index in [2.05, 4.69) is 5.32 Å². The molecule has 5 rings (SSSR count). The number of amides is 1. The number of carbonyl (C=O) groups excluding carboxylic acids is 1. The molecule has 2 N–H and O–H groups in total. The van der Waals surface area contributed by atoms with Crippen molar-refractivity contribution < 1.29 is 28.9 Å². The second-order valence-electron chi connectivity index (χ2n) is 9.29. The van der Waals surface area contributed by atoms with Gasteiger partial charge in [0.25, 0.3) is 5.91 Å². The highest BCUT2D eigenvalue weighted by Crippen LogP contribution is 2.43. The van der Waals surface area contributed by atoms with Crippen molar-refractivity contribution in [3.63, 3.8) is 0 Å². The summed E-state index contributed by atoms with van der Waals surface area (Å²) in [7, 11) is 1.57. The standard InChI is InChI=1S/C28H26ClNO6/c1-28(11-10-17-13-19(29)6-9-23(17)36-28)27(33)30-22-15-24(16-4-3-5-18(12-16)26(31)32)35-25-14-20(34-2)7-8-21(22)25/h3-9,12-14,22,24H,10-11,15H2,1-2H3,(H,30,33)(H,31,32)/t22-,24-,28-/m1/s1. The van der Waals surface area contributed by atoms with Gasteiger partial charge in [-0.1, -0.05) is 23.7 Å². The molecular formula is C28H26ClNO6. The van der Waals surface area contributed by atoms with E-state index in [1.54, 1.807) is 44.4 Å². The molecule has 0 bridgehead atoms. The predicted molar refractivity (Wildman–Crippen MR) is 134 cm³/mol. The summed E-state index contributed by atoms with van der Waals surface area (Å²) in [5.74, 6) is 0.616. The molecule has 0 fully saturated rings. The number of carboxylic acids is 1. The zero-order chi connectivity index (χ0) is 25.4. The number of hydrogen-bond donors (Lipinski definition) is 2. The average Bonchev–Trinajstić information content (AvgIpc) is 2.88. The molecule has 7 nitrogen and oxygen atoms in total. The Hall–Kier alpha value is -3.71. The lowest BCUT2D eigenvalue weighted by Crippen LogP contribution is -2.52. The molecule has 0 aromatic heterocycles. The zero-order valence-electron chi connectivity index (χ0n) is 19.9. The van der Waals surface area contributed by atoms with Crippen LogP contribution in [0.25, 0.3) is 0 Å². The maximum atomic E-state index is 13.6. The van der Waals surface area contributed by atoms with Crippen LogP contribution in [0, 0.1) is 0 Å². The van der Waals surface area contributed by atoms with Crippen LogP contribution in [-0.2, 0) is 11.2 Å². The fraction of sp³-hybridized carbons (Fsp3) is 0.286. The molecule has 0 radical (unpaired) electrons. The number of carbonyl (C=O) groups is 2. The molecule has 0 unspecified atom stereocenters. The maximum Gasteiger partial charge on any atom is 0.335 e. The molecule has 0 saturated carbocycles. The minimum absolute atomic E-state index is 0.176. The number of benzene rings is 3. The third-order valence-corrected chi connectivity index (χ3v) is 7.07. The highest BCUT2D eigenvalue weighted by Gasteiger charge is 2.41. The lowest BCUT2D eigenvalue weighted by atomic mass is 9.89. The monoisotopic (exact) mass is 507 g/mol. The highest BCUT2D eigenvalue weighted by molar-refractivity contribution is 6.30. The van der Waals surface area contributed by atoms with E-state index in [1.807, 2.05) is 24.3 Å². The fourth-order valence-electron chi connectivity index (χ4n) is 4.77. The van der Waals surface area contributed by atoms with E-state index < -0.39 is 17.7 Å². The van der Waals surface area contributed by atoms with Gasteiger partial charge >= 0.3 is 5.97 Å². The molecule has 0 spiro atoms. The number of aryl methyl sites for hydroxylation is 1. The van der Waals surface area contributed by atoms with Crippen molar-refractivity contribution in [3.8, 4) is 17.2 Å². The van der Waals surface area contributed by atoms with E-state index in [4.69, 9.17) is 25.8 Å². The largest absolute Gasteiger partial charge is 0.497 e. The van der Waals surface area contributed by atoms with Crippen molar-refractivity contribution in [1.29, 1.82) is 0 Å². The molecule has 1 amide bonds. The first-order valence-electron chi connectivity index (χ1n) is 11.7. The topological polar surface area (TPSA) is 94.1 Å². The number of fused-ring (bicyclic) bond motifs is 2. The van der Waals surface area contributed by atoms with Crippen molar-refractivity contribution in [2.75, 3.05) is 7.11 Å². The van der Waals surface area contributed by atoms with Crippen LogP contribution < -0.4 is 19.5 Å². The third-order valence-electron chi connectivity index (χ3n) is 6.84. The van der Waals surface area contributed by atoms with Gasteiger partial charge < -0.3 is 24.6 Å². The first-order chi connectivity index (χ1) is 17.3. The van der Waals surface area contributed by atoms with E-state index in [0.29, 0.717) is 47.1 Å². The molecule has 8 heteroatoms. The Morgan fingerprint density at radius 2 is 1.94 bits per heavy atom. The quantitative estimate of drug-likeness (QED) is 0.473. The van der Waals surface area contributed by atoms with E-state index in [1.165, 1.54) is 6.07 Å². The lowest BCUT2D eigenvalue weighted by molar-refractivity contribution is -0.138. The lowest BCUT2D eigenvalue weighted by Gasteiger charge is -2.38. The van der Waals surface area contributed by atoms with Gasteiger partial charge in [-0.05, 0) is 66.9 Å². The van der Waals surface area contributed by atoms with Gasteiger partial charge in [0, 0.05) is 29.5 Å². The Bertz CT molecular complexity index is 1340. The van der Waals surface area contributed by atoms with Crippen LogP contribution in [0.15, 0.2) is 60.7 Å². The van der Waals surface area contributed by atoms with Crippen molar-refractivity contribution in [2.45, 2.75) is 43.9 Å². The van der Waals surface area contributed by atoms with Crippen molar-refractivity contribution in [2.24, 2.45) is 0 Å². The first kappa shape index (κ1) is 24.0. The fourth-order valence-corrected chi connectivity index (χ4v) is 4.96. The second kappa shape index (κ2) is 9.39. The summed E-state index contributed by atoms with van der Waals surface area (Å²) < 4.78 is 17.8. The summed E-state index contributed by atoms with van der Waals surface area (Å²) in [6.45, 7) is 1.79. The number of hydrogen-bond acceptors (Lipinski definition) is 5. The first-order valence-corrected chi connectivity index (χ1v) is 12.1. The van der Waals surface area contributed by atoms with Crippen LogP contribution in [0.4, 0.5) is 0 Å². The van der Waals surface area contributed by atoms with Gasteiger partial charge in [0.2, 0.25) is 0 Å². The van der Waals surface area contributed by atoms with Crippen LogP contribution in [0.1, 0.15) is 59.0 Å². The van der Waals surface area contributed by atoms with Crippen LogP contribution in [0.3, 0.4) is 0 Å². The van der Waals surface area contributed by atoms with E-state index in [9.17, 15) is 14.7 Å². The molecule has 3 aromatic carbocycles. The molecule has 3 atom stereocenters. The van der Waals surface area contributed by atoms with Gasteiger partial charge in [0.05, 0.1) is 18.7 Å². The Labute approximate surface area is 213 Å². The number of rotatable bonds is 5. The summed E-state index contributed by atoms with van der Waals surface area (Å²) >= 11 is 6.11. The van der Waals surface area contributed by atoms with Crippen LogP contribution in [0.2, 0.25) is 5.02 Å². The molecular weight excluding hydrogens is 482 g/mol. The average molecular weight is 508 g/mol. The smallest absolute Gasteiger partial charge is 0.335 e. The Kier molecular flexibility index (Phi) is 6.26. The van der Waals surface area contributed by atoms with Crippen molar-refractivity contribution >= 4 is 23.5 Å². The molecule has 186 valence electrons. The van der Waals surface area contributed by atoms with E-state index in [0.717, 1.165) is 11.1 Å². The van der Waals surface area contributed by atoms with Gasteiger partial charge in [-0.2, -0.15) is 0 Å². The van der Waals surface area contributed by atoms with Crippen LogP contribution >= 0.6 is 11.6 Å². The van der Waals surface area contributed by atoms with Crippen molar-refractivity contribution in [1.82, 2.24) is 5.32 Å². The number of methoxy groups -OCH3 is 1. The Morgan fingerprint density at radius 3 is 2.72 bits per heavy atom. The molecule has 2 aliphatic heterocycles. The summed E-state index contributed by atoms with van der Waals surface area (Å²) in [5, 5.41) is 13.2. The molecule has 2 aliphatic rings. The Morgan fingerprint density at radius 1 is 1.11 bits per heavy atom. The third kappa shape index (κ3) is 4.58. The SMILES string of the molecule is COc1ccc2c(c1)O[C@@H](c1cccc(C(=O)O)c1)C[C@H]2NC(=O)[C@@]1(C)CCc2cc(Cl)ccc2O1. The number of ether oxygens (including phenoxy) is 3. The van der Waals surface area contributed by atoms with Gasteiger partial charge in [0.1, 0.15) is 23.4 Å². The summed E-state index contributed by atoms with van der Waals surface area (Å²) in [6, 6.07) is 17.2. The van der Waals surface area contributed by atoms with Crippen molar-refractivity contribution in [3.05, 3.63) is 87.9 Å². The number of carboxylic acid groups (broad SMARTS) is 1. The van der Waals surface area contributed by atoms with E-state index in [-0.39, 0.29) is 17.5 Å². The Balaban J connectivity index is 1.43. The van der Waals surface area contributed by atoms with Gasteiger partial charge in [0.15, 0.2) is 5.60 Å². The van der Waals surface area contributed by atoms with Crippen LogP contribution in [-0.4, -0.2) is 29.7 Å². The second-order valence-corrected chi connectivity index (χ2v) is 9.72. The highest BCUT2D eigenvalue weighted by atomic mass is 35.5. The predicted octanol–water partition coefficient (Wildman–Crippen LogP) is 5.51. The van der Waals surface area contributed by atoms with Gasteiger partial charge in [-0.3, -0.25) is 4.79 Å². The molecule has 0 saturated heterocycles. The minimum atomic E-state index is -1.05. The molecule has 2 heterocycles. The van der Waals surface area contributed by atoms with Gasteiger partial charge in [-0.15, -0.1) is 0 Å². The summed E-state index contributed by atoms with van der Waals surface area (Å²) in [5.41, 5.74) is 1.64. The minimum Gasteiger partial charge on any atom is -0.497 e. The zero-order valence-corrected chi connectivity index (χ0v) is 20.7. The normalized spacial score (nSPS) is 22.3. The van der Waals surface area contributed by atoms with Gasteiger partial charge in [-0.25, -0.2) is 4.79 Å².